The van der Waals surface area contributed by atoms with Crippen molar-refractivity contribution >= 4 is 17.5 Å². The minimum atomic E-state index is -0.602. The van der Waals surface area contributed by atoms with Gasteiger partial charge in [0.25, 0.3) is 5.91 Å². The highest BCUT2D eigenvalue weighted by Gasteiger charge is 2.10. The quantitative estimate of drug-likeness (QED) is 0.691. The first-order chi connectivity index (χ1) is 13.1. The van der Waals surface area contributed by atoms with E-state index in [0.717, 1.165) is 26.1 Å². The number of rotatable bonds is 8. The van der Waals surface area contributed by atoms with Gasteiger partial charge in [0.1, 0.15) is 0 Å². The fourth-order valence-electron chi connectivity index (χ4n) is 3.00. The molecule has 1 aromatic heterocycles. The summed E-state index contributed by atoms with van der Waals surface area (Å²) in [6, 6.07) is 4.59. The van der Waals surface area contributed by atoms with Crippen LogP contribution < -0.4 is 15.8 Å². The summed E-state index contributed by atoms with van der Waals surface area (Å²) in [5.74, 6) is -0.583. The second kappa shape index (κ2) is 9.27. The molecule has 0 bridgehead atoms. The van der Waals surface area contributed by atoms with Crippen molar-refractivity contribution in [2.75, 3.05) is 31.6 Å². The number of likely N-dealkylation sites (tertiary alicyclic amines) is 1. The van der Waals surface area contributed by atoms with E-state index in [-0.39, 0.29) is 17.3 Å². The van der Waals surface area contributed by atoms with E-state index in [4.69, 9.17) is 10.5 Å². The molecular formula is C19H24FN5O2. The van der Waals surface area contributed by atoms with Crippen LogP contribution in [0.15, 0.2) is 30.6 Å². The molecule has 2 heterocycles. The van der Waals surface area contributed by atoms with Gasteiger partial charge in [0.2, 0.25) is 5.95 Å². The zero-order valence-electron chi connectivity index (χ0n) is 15.2. The van der Waals surface area contributed by atoms with Crippen molar-refractivity contribution in [2.45, 2.75) is 25.7 Å². The Labute approximate surface area is 157 Å². The van der Waals surface area contributed by atoms with E-state index >= 15 is 0 Å². The van der Waals surface area contributed by atoms with Crippen LogP contribution in [0.25, 0.3) is 0 Å². The predicted molar refractivity (Wildman–Crippen MR) is 101 cm³/mol. The van der Waals surface area contributed by atoms with Gasteiger partial charge >= 0.3 is 0 Å². The first-order valence-electron chi connectivity index (χ1n) is 9.15. The van der Waals surface area contributed by atoms with Gasteiger partial charge in [-0.25, -0.2) is 14.4 Å². The Hall–Kier alpha value is -2.74. The van der Waals surface area contributed by atoms with Crippen molar-refractivity contribution in [1.29, 1.82) is 0 Å². The van der Waals surface area contributed by atoms with Crippen LogP contribution in [0.4, 0.5) is 16.0 Å². The lowest BCUT2D eigenvalue weighted by Crippen LogP contribution is -2.31. The molecule has 0 aliphatic carbocycles. The number of nitrogens with one attached hydrogen (secondary N) is 1. The minimum Gasteiger partial charge on any atom is -0.490 e. The molecule has 0 spiro atoms. The first kappa shape index (κ1) is 19.0. The molecular weight excluding hydrogens is 349 g/mol. The number of benzene rings is 1. The van der Waals surface area contributed by atoms with Gasteiger partial charge in [-0.2, -0.15) is 0 Å². The minimum absolute atomic E-state index is 0.208. The smallest absolute Gasteiger partial charge is 0.251 e. The number of nitrogens with two attached hydrogens (primary N) is 1. The lowest BCUT2D eigenvalue weighted by molar-refractivity contribution is 0.0999. The SMILES string of the molecule is NC(=O)c1cnc(Nc2ccc(OCCCN3CCCCC3)c(F)c2)nc1. The number of piperidine rings is 1. The zero-order chi connectivity index (χ0) is 19.1. The standard InChI is InChI=1S/C19H24FN5O2/c20-16-11-15(24-19-22-12-14(13-23-19)18(21)26)5-6-17(16)27-10-4-9-25-7-2-1-3-8-25/h5-6,11-13H,1-4,7-10H2,(H2,21,26)(H,22,23,24). The zero-order valence-corrected chi connectivity index (χ0v) is 15.2. The molecule has 3 rings (SSSR count). The van der Waals surface area contributed by atoms with Crippen LogP contribution in [-0.2, 0) is 0 Å². The molecule has 27 heavy (non-hydrogen) atoms. The van der Waals surface area contributed by atoms with Gasteiger partial charge in [-0.1, -0.05) is 6.42 Å². The number of primary amides is 1. The van der Waals surface area contributed by atoms with Gasteiger partial charge in [-0.15, -0.1) is 0 Å². The molecule has 2 aromatic rings. The number of amides is 1. The third kappa shape index (κ3) is 5.62. The summed E-state index contributed by atoms with van der Waals surface area (Å²) in [5, 5.41) is 2.87. The molecule has 0 radical (unpaired) electrons. The fraction of sp³-hybridized carbons (Fsp3) is 0.421. The number of hydrogen-bond donors (Lipinski definition) is 2. The Morgan fingerprint density at radius 2 is 1.96 bits per heavy atom. The average Bonchev–Trinajstić information content (AvgIpc) is 2.68. The van der Waals surface area contributed by atoms with Crippen molar-refractivity contribution in [3.8, 4) is 5.75 Å². The largest absolute Gasteiger partial charge is 0.490 e. The van der Waals surface area contributed by atoms with Crippen molar-refractivity contribution in [2.24, 2.45) is 5.73 Å². The molecule has 7 nitrogen and oxygen atoms in total. The van der Waals surface area contributed by atoms with Crippen LogP contribution in [0.2, 0.25) is 0 Å². The summed E-state index contributed by atoms with van der Waals surface area (Å²) in [6.45, 7) is 3.77. The normalized spacial score (nSPS) is 14.7. The van der Waals surface area contributed by atoms with E-state index < -0.39 is 11.7 Å². The van der Waals surface area contributed by atoms with E-state index in [1.807, 2.05) is 0 Å². The highest BCUT2D eigenvalue weighted by Crippen LogP contribution is 2.23. The Bertz CT molecular complexity index is 763. The number of carbonyl (C=O) groups is 1. The van der Waals surface area contributed by atoms with Crippen LogP contribution >= 0.6 is 0 Å². The summed E-state index contributed by atoms with van der Waals surface area (Å²) in [4.78, 5) is 21.4. The van der Waals surface area contributed by atoms with Gasteiger partial charge in [0, 0.05) is 30.7 Å². The van der Waals surface area contributed by atoms with Crippen molar-refractivity contribution in [3.05, 3.63) is 42.0 Å². The Morgan fingerprint density at radius 1 is 1.22 bits per heavy atom. The number of hydrogen-bond acceptors (Lipinski definition) is 6. The highest BCUT2D eigenvalue weighted by molar-refractivity contribution is 5.92. The predicted octanol–water partition coefficient (Wildman–Crippen LogP) is 2.71. The average molecular weight is 373 g/mol. The molecule has 3 N–H and O–H groups in total. The molecule has 1 fully saturated rings. The van der Waals surface area contributed by atoms with E-state index in [0.29, 0.717) is 12.3 Å². The summed E-state index contributed by atoms with van der Waals surface area (Å²) < 4.78 is 19.8. The molecule has 1 aliphatic rings. The van der Waals surface area contributed by atoms with Crippen LogP contribution in [-0.4, -0.2) is 47.0 Å². The number of ether oxygens (including phenoxy) is 1. The van der Waals surface area contributed by atoms with Crippen LogP contribution in [0, 0.1) is 5.82 Å². The first-order valence-corrected chi connectivity index (χ1v) is 9.15. The summed E-state index contributed by atoms with van der Waals surface area (Å²) in [6.07, 6.45) is 7.35. The van der Waals surface area contributed by atoms with Crippen LogP contribution in [0.3, 0.4) is 0 Å². The van der Waals surface area contributed by atoms with Crippen LogP contribution in [0.5, 0.6) is 5.75 Å². The van der Waals surface area contributed by atoms with Gasteiger partial charge in [-0.3, -0.25) is 4.79 Å². The van der Waals surface area contributed by atoms with E-state index in [9.17, 15) is 9.18 Å². The van der Waals surface area contributed by atoms with Gasteiger partial charge in [0.05, 0.1) is 12.2 Å². The van der Waals surface area contributed by atoms with Gasteiger partial charge < -0.3 is 20.7 Å². The number of carbonyl (C=O) groups excluding carboxylic acids is 1. The Kier molecular flexibility index (Phi) is 6.54. The molecule has 1 amide bonds. The number of aromatic nitrogens is 2. The monoisotopic (exact) mass is 373 g/mol. The Balaban J connectivity index is 1.48. The number of anilines is 2. The third-order valence-corrected chi connectivity index (χ3v) is 4.45. The number of halogens is 1. The lowest BCUT2D eigenvalue weighted by Gasteiger charge is -2.26. The second-order valence-electron chi connectivity index (χ2n) is 6.53. The van der Waals surface area contributed by atoms with E-state index in [2.05, 4.69) is 20.2 Å². The van der Waals surface area contributed by atoms with Gasteiger partial charge in [-0.05, 0) is 44.5 Å². The summed E-state index contributed by atoms with van der Waals surface area (Å²) >= 11 is 0. The molecule has 0 unspecified atom stereocenters. The lowest BCUT2D eigenvalue weighted by atomic mass is 10.1. The number of nitrogens with zero attached hydrogens (tertiary/aromatic N) is 3. The van der Waals surface area contributed by atoms with E-state index in [1.165, 1.54) is 37.7 Å². The summed E-state index contributed by atoms with van der Waals surface area (Å²) in [5.41, 5.74) is 5.83. The van der Waals surface area contributed by atoms with Crippen molar-refractivity contribution in [3.63, 3.8) is 0 Å². The van der Waals surface area contributed by atoms with Crippen LogP contribution in [0.1, 0.15) is 36.0 Å². The van der Waals surface area contributed by atoms with Crippen molar-refractivity contribution in [1.82, 2.24) is 14.9 Å². The van der Waals surface area contributed by atoms with Crippen molar-refractivity contribution < 1.29 is 13.9 Å². The molecule has 0 atom stereocenters. The maximum absolute atomic E-state index is 14.2. The molecule has 1 aromatic carbocycles. The molecule has 8 heteroatoms. The summed E-state index contributed by atoms with van der Waals surface area (Å²) in [7, 11) is 0. The Morgan fingerprint density at radius 3 is 2.63 bits per heavy atom. The maximum atomic E-state index is 14.2. The molecule has 1 aliphatic heterocycles. The second-order valence-corrected chi connectivity index (χ2v) is 6.53. The molecule has 0 saturated carbocycles. The fourth-order valence-corrected chi connectivity index (χ4v) is 3.00. The maximum Gasteiger partial charge on any atom is 0.251 e. The highest BCUT2D eigenvalue weighted by atomic mass is 19.1. The molecule has 144 valence electrons. The topological polar surface area (TPSA) is 93.4 Å². The van der Waals surface area contributed by atoms with Gasteiger partial charge in [0.15, 0.2) is 11.6 Å². The third-order valence-electron chi connectivity index (χ3n) is 4.45. The molecule has 1 saturated heterocycles. The van der Waals surface area contributed by atoms with E-state index in [1.54, 1.807) is 12.1 Å².